The largest absolute Gasteiger partial charge is 0.314 e. The first kappa shape index (κ1) is 14.0. The monoisotopic (exact) mass is 314 g/mol. The van der Waals surface area contributed by atoms with Crippen molar-refractivity contribution in [2.24, 2.45) is 0 Å². The van der Waals surface area contributed by atoms with Crippen molar-refractivity contribution in [1.29, 1.82) is 0 Å². The standard InChI is InChI=1S/C14H20BrFN2/c1-2-3-14(18-6-4-17-5-7-18)11-8-12(15)10-13(16)9-11/h8-10,14,17H,2-7H2,1H3/t14-/m0/s1. The summed E-state index contributed by atoms with van der Waals surface area (Å²) in [6.45, 7) is 6.31. The minimum Gasteiger partial charge on any atom is -0.314 e. The molecular weight excluding hydrogens is 295 g/mol. The SMILES string of the molecule is CCC[C@@H](c1cc(F)cc(Br)c1)N1CCNCC1. The summed E-state index contributed by atoms with van der Waals surface area (Å²) in [5, 5.41) is 3.36. The third kappa shape index (κ3) is 3.53. The lowest BCUT2D eigenvalue weighted by Crippen LogP contribution is -2.45. The van der Waals surface area contributed by atoms with Gasteiger partial charge in [0.25, 0.3) is 0 Å². The van der Waals surface area contributed by atoms with Crippen LogP contribution in [0.4, 0.5) is 4.39 Å². The predicted molar refractivity (Wildman–Crippen MR) is 76.2 cm³/mol. The number of halogens is 2. The first-order valence-electron chi connectivity index (χ1n) is 6.61. The zero-order chi connectivity index (χ0) is 13.0. The molecule has 100 valence electrons. The van der Waals surface area contributed by atoms with E-state index < -0.39 is 0 Å². The highest BCUT2D eigenvalue weighted by Crippen LogP contribution is 2.28. The molecule has 1 aliphatic rings. The maximum absolute atomic E-state index is 13.5. The van der Waals surface area contributed by atoms with Crippen molar-refractivity contribution >= 4 is 15.9 Å². The third-order valence-electron chi connectivity index (χ3n) is 3.42. The summed E-state index contributed by atoms with van der Waals surface area (Å²) in [5.41, 5.74) is 1.09. The van der Waals surface area contributed by atoms with Crippen LogP contribution in [0.25, 0.3) is 0 Å². The zero-order valence-electron chi connectivity index (χ0n) is 10.8. The van der Waals surface area contributed by atoms with E-state index in [1.54, 1.807) is 6.07 Å². The molecule has 0 amide bonds. The number of hydrogen-bond acceptors (Lipinski definition) is 2. The van der Waals surface area contributed by atoms with Gasteiger partial charge in [0.05, 0.1) is 0 Å². The lowest BCUT2D eigenvalue weighted by molar-refractivity contribution is 0.164. The van der Waals surface area contributed by atoms with Gasteiger partial charge >= 0.3 is 0 Å². The molecule has 4 heteroatoms. The average molecular weight is 315 g/mol. The van der Waals surface area contributed by atoms with Crippen LogP contribution in [-0.2, 0) is 0 Å². The lowest BCUT2D eigenvalue weighted by Gasteiger charge is -2.35. The molecule has 0 bridgehead atoms. The number of benzene rings is 1. The van der Waals surface area contributed by atoms with E-state index in [1.807, 2.05) is 6.07 Å². The van der Waals surface area contributed by atoms with Crippen molar-refractivity contribution in [3.8, 4) is 0 Å². The Kier molecular flexibility index (Phi) is 5.15. The molecule has 0 unspecified atom stereocenters. The van der Waals surface area contributed by atoms with Crippen LogP contribution in [-0.4, -0.2) is 31.1 Å². The third-order valence-corrected chi connectivity index (χ3v) is 3.88. The van der Waals surface area contributed by atoms with Crippen LogP contribution in [0.3, 0.4) is 0 Å². The molecule has 0 radical (unpaired) electrons. The molecule has 2 rings (SSSR count). The Morgan fingerprint density at radius 3 is 2.67 bits per heavy atom. The molecule has 1 aromatic carbocycles. The highest BCUT2D eigenvalue weighted by molar-refractivity contribution is 9.10. The minimum atomic E-state index is -0.157. The number of nitrogens with zero attached hydrogens (tertiary/aromatic N) is 1. The Morgan fingerprint density at radius 1 is 1.33 bits per heavy atom. The molecule has 2 nitrogen and oxygen atoms in total. The van der Waals surface area contributed by atoms with E-state index in [9.17, 15) is 4.39 Å². The lowest BCUT2D eigenvalue weighted by atomic mass is 10.00. The number of piperazine rings is 1. The fraction of sp³-hybridized carbons (Fsp3) is 0.571. The summed E-state index contributed by atoms with van der Waals surface area (Å²) in [6.07, 6.45) is 2.19. The van der Waals surface area contributed by atoms with E-state index in [1.165, 1.54) is 6.07 Å². The summed E-state index contributed by atoms with van der Waals surface area (Å²) < 4.78 is 14.4. The highest BCUT2D eigenvalue weighted by Gasteiger charge is 2.22. The smallest absolute Gasteiger partial charge is 0.124 e. The van der Waals surface area contributed by atoms with E-state index in [0.29, 0.717) is 6.04 Å². The molecule has 1 aromatic rings. The van der Waals surface area contributed by atoms with Crippen molar-refractivity contribution in [2.75, 3.05) is 26.2 Å². The van der Waals surface area contributed by atoms with E-state index in [2.05, 4.69) is 33.1 Å². The summed E-state index contributed by atoms with van der Waals surface area (Å²) in [6, 6.07) is 5.58. The normalized spacial score (nSPS) is 18.8. The van der Waals surface area contributed by atoms with Crippen molar-refractivity contribution in [3.05, 3.63) is 34.1 Å². The van der Waals surface area contributed by atoms with Gasteiger partial charge in [-0.05, 0) is 30.2 Å². The summed E-state index contributed by atoms with van der Waals surface area (Å²) in [7, 11) is 0. The number of rotatable bonds is 4. The maximum atomic E-state index is 13.5. The van der Waals surface area contributed by atoms with E-state index in [4.69, 9.17) is 0 Å². The molecule has 1 N–H and O–H groups in total. The summed E-state index contributed by atoms with van der Waals surface area (Å²) >= 11 is 3.39. The molecule has 0 spiro atoms. The summed E-state index contributed by atoms with van der Waals surface area (Å²) in [4.78, 5) is 2.46. The molecule has 0 aromatic heterocycles. The second kappa shape index (κ2) is 6.64. The van der Waals surface area contributed by atoms with Gasteiger partial charge in [0, 0.05) is 36.7 Å². The minimum absolute atomic E-state index is 0.157. The van der Waals surface area contributed by atoms with Crippen LogP contribution in [0.15, 0.2) is 22.7 Å². The fourth-order valence-corrected chi connectivity index (χ4v) is 3.08. The van der Waals surface area contributed by atoms with Crippen LogP contribution in [0.2, 0.25) is 0 Å². The second-order valence-electron chi connectivity index (χ2n) is 4.79. The van der Waals surface area contributed by atoms with Crippen LogP contribution in [0, 0.1) is 5.82 Å². The van der Waals surface area contributed by atoms with Gasteiger partial charge in [0.15, 0.2) is 0 Å². The fourth-order valence-electron chi connectivity index (χ4n) is 2.59. The van der Waals surface area contributed by atoms with Crippen LogP contribution < -0.4 is 5.32 Å². The van der Waals surface area contributed by atoms with Crippen LogP contribution in [0.1, 0.15) is 31.4 Å². The topological polar surface area (TPSA) is 15.3 Å². The van der Waals surface area contributed by atoms with Gasteiger partial charge in [0.1, 0.15) is 5.82 Å². The first-order valence-corrected chi connectivity index (χ1v) is 7.40. The Labute approximate surface area is 117 Å². The Balaban J connectivity index is 2.22. The molecule has 1 atom stereocenters. The van der Waals surface area contributed by atoms with Crippen LogP contribution >= 0.6 is 15.9 Å². The van der Waals surface area contributed by atoms with Crippen molar-refractivity contribution in [2.45, 2.75) is 25.8 Å². The molecule has 1 fully saturated rings. The van der Waals surface area contributed by atoms with Gasteiger partial charge < -0.3 is 5.32 Å². The number of hydrogen-bond donors (Lipinski definition) is 1. The molecule has 1 heterocycles. The number of nitrogens with one attached hydrogen (secondary N) is 1. The Hall–Kier alpha value is -0.450. The van der Waals surface area contributed by atoms with Gasteiger partial charge in [-0.2, -0.15) is 0 Å². The van der Waals surface area contributed by atoms with Crippen LogP contribution in [0.5, 0.6) is 0 Å². The maximum Gasteiger partial charge on any atom is 0.124 e. The van der Waals surface area contributed by atoms with E-state index >= 15 is 0 Å². The quantitative estimate of drug-likeness (QED) is 0.917. The Bertz CT molecular complexity index is 371. The molecule has 1 saturated heterocycles. The van der Waals surface area contributed by atoms with E-state index in [-0.39, 0.29) is 5.82 Å². The molecule has 0 aliphatic carbocycles. The van der Waals surface area contributed by atoms with Gasteiger partial charge in [-0.25, -0.2) is 4.39 Å². The van der Waals surface area contributed by atoms with Crippen molar-refractivity contribution in [1.82, 2.24) is 10.2 Å². The van der Waals surface area contributed by atoms with Gasteiger partial charge in [-0.1, -0.05) is 29.3 Å². The second-order valence-corrected chi connectivity index (χ2v) is 5.71. The summed E-state index contributed by atoms with van der Waals surface area (Å²) in [5.74, 6) is -0.157. The highest BCUT2D eigenvalue weighted by atomic mass is 79.9. The zero-order valence-corrected chi connectivity index (χ0v) is 12.3. The van der Waals surface area contributed by atoms with Gasteiger partial charge in [0.2, 0.25) is 0 Å². The van der Waals surface area contributed by atoms with E-state index in [0.717, 1.165) is 49.1 Å². The molecule has 0 saturated carbocycles. The Morgan fingerprint density at radius 2 is 2.06 bits per heavy atom. The first-order chi connectivity index (χ1) is 8.70. The van der Waals surface area contributed by atoms with Gasteiger partial charge in [-0.3, -0.25) is 4.90 Å². The molecular formula is C14H20BrFN2. The molecule has 18 heavy (non-hydrogen) atoms. The predicted octanol–water partition coefficient (Wildman–Crippen LogP) is 3.33. The van der Waals surface area contributed by atoms with Crippen molar-refractivity contribution < 1.29 is 4.39 Å². The van der Waals surface area contributed by atoms with Crippen molar-refractivity contribution in [3.63, 3.8) is 0 Å². The molecule has 1 aliphatic heterocycles. The average Bonchev–Trinajstić information content (AvgIpc) is 2.36. The van der Waals surface area contributed by atoms with Gasteiger partial charge in [-0.15, -0.1) is 0 Å².